The van der Waals surface area contributed by atoms with Crippen LogP contribution in [-0.2, 0) is 0 Å². The van der Waals surface area contributed by atoms with Gasteiger partial charge in [0, 0.05) is 24.3 Å². The van der Waals surface area contributed by atoms with Crippen molar-refractivity contribution < 1.29 is 0 Å². The van der Waals surface area contributed by atoms with Crippen LogP contribution in [0.1, 0.15) is 48.9 Å². The summed E-state index contributed by atoms with van der Waals surface area (Å²) in [5, 5.41) is 13.1. The van der Waals surface area contributed by atoms with Crippen molar-refractivity contribution in [3.8, 4) is 6.07 Å². The standard InChI is InChI=1S/C17H24N4/c1-12-9-13(2)20-17(16(12)10-18)21(15-6-7-15)11-14-5-3-4-8-19-14/h9,14-15,19H,3-8,11H2,1-2H3. The van der Waals surface area contributed by atoms with E-state index in [0.29, 0.717) is 12.1 Å². The number of rotatable bonds is 4. The molecular formula is C17H24N4. The Morgan fingerprint density at radius 1 is 1.33 bits per heavy atom. The maximum atomic E-state index is 9.51. The minimum Gasteiger partial charge on any atom is -0.351 e. The second-order valence-electron chi connectivity index (χ2n) is 6.42. The quantitative estimate of drug-likeness (QED) is 0.923. The third-order valence-electron chi connectivity index (χ3n) is 4.53. The number of hydrogen-bond acceptors (Lipinski definition) is 4. The van der Waals surface area contributed by atoms with Crippen molar-refractivity contribution in [3.63, 3.8) is 0 Å². The molecule has 1 N–H and O–H groups in total. The first kappa shape index (κ1) is 14.3. The smallest absolute Gasteiger partial charge is 0.147 e. The van der Waals surface area contributed by atoms with E-state index >= 15 is 0 Å². The van der Waals surface area contributed by atoms with Crippen molar-refractivity contribution in [1.29, 1.82) is 5.26 Å². The number of pyridine rings is 1. The van der Waals surface area contributed by atoms with Crippen molar-refractivity contribution in [2.45, 2.75) is 58.0 Å². The van der Waals surface area contributed by atoms with Crippen molar-refractivity contribution in [2.75, 3.05) is 18.0 Å². The molecule has 4 heteroatoms. The molecule has 0 radical (unpaired) electrons. The molecule has 1 saturated heterocycles. The molecule has 2 heterocycles. The number of nitriles is 1. The maximum Gasteiger partial charge on any atom is 0.147 e. The molecule has 2 fully saturated rings. The van der Waals surface area contributed by atoms with E-state index in [4.69, 9.17) is 4.98 Å². The topological polar surface area (TPSA) is 52.0 Å². The van der Waals surface area contributed by atoms with Crippen LogP contribution in [0.5, 0.6) is 0 Å². The summed E-state index contributed by atoms with van der Waals surface area (Å²) in [5.74, 6) is 0.907. The van der Waals surface area contributed by atoms with Crippen molar-refractivity contribution in [1.82, 2.24) is 10.3 Å². The molecule has 1 saturated carbocycles. The highest BCUT2D eigenvalue weighted by molar-refractivity contribution is 5.59. The minimum atomic E-state index is 0.536. The van der Waals surface area contributed by atoms with Crippen molar-refractivity contribution >= 4 is 5.82 Å². The van der Waals surface area contributed by atoms with Gasteiger partial charge in [0.05, 0.1) is 5.56 Å². The lowest BCUT2D eigenvalue weighted by molar-refractivity contribution is 0.397. The molecular weight excluding hydrogens is 260 g/mol. The number of aromatic nitrogens is 1. The van der Waals surface area contributed by atoms with Crippen LogP contribution in [0.3, 0.4) is 0 Å². The van der Waals surface area contributed by atoms with Gasteiger partial charge in [0.2, 0.25) is 0 Å². The lowest BCUT2D eigenvalue weighted by Gasteiger charge is -2.32. The molecule has 2 aliphatic rings. The van der Waals surface area contributed by atoms with Crippen molar-refractivity contribution in [3.05, 3.63) is 22.9 Å². The summed E-state index contributed by atoms with van der Waals surface area (Å²) >= 11 is 0. The Labute approximate surface area is 127 Å². The van der Waals surface area contributed by atoms with E-state index in [0.717, 1.165) is 35.7 Å². The predicted molar refractivity (Wildman–Crippen MR) is 84.4 cm³/mol. The Morgan fingerprint density at radius 3 is 2.76 bits per heavy atom. The average molecular weight is 284 g/mol. The second-order valence-corrected chi connectivity index (χ2v) is 6.42. The van der Waals surface area contributed by atoms with Gasteiger partial charge in [0.25, 0.3) is 0 Å². The zero-order valence-corrected chi connectivity index (χ0v) is 13.0. The summed E-state index contributed by atoms with van der Waals surface area (Å²) in [4.78, 5) is 7.10. The fraction of sp³-hybridized carbons (Fsp3) is 0.647. The van der Waals surface area contributed by atoms with Gasteiger partial charge in [0.1, 0.15) is 11.9 Å². The third-order valence-corrected chi connectivity index (χ3v) is 4.53. The summed E-state index contributed by atoms with van der Waals surface area (Å²) in [6.07, 6.45) is 6.28. The normalized spacial score (nSPS) is 21.9. The van der Waals surface area contributed by atoms with Crippen LogP contribution in [0.4, 0.5) is 5.82 Å². The van der Waals surface area contributed by atoms with Crippen molar-refractivity contribution in [2.24, 2.45) is 0 Å². The van der Waals surface area contributed by atoms with E-state index in [-0.39, 0.29) is 0 Å². The molecule has 1 aromatic heterocycles. The van der Waals surface area contributed by atoms with Gasteiger partial charge < -0.3 is 10.2 Å². The first-order valence-electron chi connectivity index (χ1n) is 8.07. The van der Waals surface area contributed by atoms with Gasteiger partial charge in [0.15, 0.2) is 0 Å². The molecule has 1 unspecified atom stereocenters. The molecule has 0 bridgehead atoms. The first-order valence-corrected chi connectivity index (χ1v) is 8.07. The van der Waals surface area contributed by atoms with Gasteiger partial charge in [-0.1, -0.05) is 6.42 Å². The number of aryl methyl sites for hydroxylation is 2. The number of hydrogen-bond donors (Lipinski definition) is 1. The molecule has 1 aromatic rings. The lowest BCUT2D eigenvalue weighted by Crippen LogP contribution is -2.45. The molecule has 1 aliphatic carbocycles. The Hall–Kier alpha value is -1.60. The molecule has 112 valence electrons. The lowest BCUT2D eigenvalue weighted by atomic mass is 10.0. The third kappa shape index (κ3) is 3.19. The molecule has 0 amide bonds. The Morgan fingerprint density at radius 2 is 2.14 bits per heavy atom. The molecule has 3 rings (SSSR count). The molecule has 1 aliphatic heterocycles. The summed E-state index contributed by atoms with van der Waals surface area (Å²) in [6, 6.07) is 5.49. The minimum absolute atomic E-state index is 0.536. The molecule has 21 heavy (non-hydrogen) atoms. The SMILES string of the molecule is Cc1cc(C)c(C#N)c(N(CC2CCCCN2)C2CC2)n1. The van der Waals surface area contributed by atoms with Crippen LogP contribution >= 0.6 is 0 Å². The summed E-state index contributed by atoms with van der Waals surface area (Å²) in [5.41, 5.74) is 2.80. The first-order chi connectivity index (χ1) is 10.2. The van der Waals surface area contributed by atoms with E-state index in [1.54, 1.807) is 0 Å². The van der Waals surface area contributed by atoms with Gasteiger partial charge in [-0.15, -0.1) is 0 Å². The van der Waals surface area contributed by atoms with Gasteiger partial charge >= 0.3 is 0 Å². The molecule has 1 atom stereocenters. The van der Waals surface area contributed by atoms with Gasteiger partial charge in [-0.2, -0.15) is 5.26 Å². The van der Waals surface area contributed by atoms with E-state index < -0.39 is 0 Å². The summed E-state index contributed by atoms with van der Waals surface area (Å²) in [6.45, 7) is 6.13. The Bertz CT molecular complexity index is 551. The fourth-order valence-corrected chi connectivity index (χ4v) is 3.28. The van der Waals surface area contributed by atoms with Crippen LogP contribution in [-0.4, -0.2) is 30.2 Å². The number of nitrogens with zero attached hydrogens (tertiary/aromatic N) is 3. The van der Waals surface area contributed by atoms with Crippen LogP contribution in [0.25, 0.3) is 0 Å². The van der Waals surface area contributed by atoms with E-state index in [9.17, 15) is 5.26 Å². The summed E-state index contributed by atoms with van der Waals surface area (Å²) < 4.78 is 0. The van der Waals surface area contributed by atoms with Gasteiger partial charge in [-0.05, 0) is 57.7 Å². The fourth-order valence-electron chi connectivity index (χ4n) is 3.28. The van der Waals surface area contributed by atoms with Crippen LogP contribution in [0.2, 0.25) is 0 Å². The predicted octanol–water partition coefficient (Wildman–Crippen LogP) is 2.68. The molecule has 4 nitrogen and oxygen atoms in total. The van der Waals surface area contributed by atoms with E-state index in [2.05, 4.69) is 16.3 Å². The Kier molecular flexibility index (Phi) is 4.12. The summed E-state index contributed by atoms with van der Waals surface area (Å²) in [7, 11) is 0. The second kappa shape index (κ2) is 6.03. The average Bonchev–Trinajstić information content (AvgIpc) is 3.30. The number of anilines is 1. The van der Waals surface area contributed by atoms with Gasteiger partial charge in [-0.25, -0.2) is 4.98 Å². The molecule has 0 aromatic carbocycles. The van der Waals surface area contributed by atoms with Gasteiger partial charge in [-0.3, -0.25) is 0 Å². The monoisotopic (exact) mass is 284 g/mol. The van der Waals surface area contributed by atoms with E-state index in [1.165, 1.54) is 32.1 Å². The van der Waals surface area contributed by atoms with Crippen LogP contribution in [0, 0.1) is 25.2 Å². The highest BCUT2D eigenvalue weighted by atomic mass is 15.3. The Balaban J connectivity index is 1.88. The maximum absolute atomic E-state index is 9.51. The number of nitrogens with one attached hydrogen (secondary N) is 1. The number of piperidine rings is 1. The van der Waals surface area contributed by atoms with Crippen LogP contribution in [0.15, 0.2) is 6.07 Å². The highest BCUT2D eigenvalue weighted by Gasteiger charge is 2.33. The van der Waals surface area contributed by atoms with Crippen LogP contribution < -0.4 is 10.2 Å². The highest BCUT2D eigenvalue weighted by Crippen LogP contribution is 2.34. The zero-order valence-electron chi connectivity index (χ0n) is 13.0. The largest absolute Gasteiger partial charge is 0.351 e. The van der Waals surface area contributed by atoms with E-state index in [1.807, 2.05) is 19.9 Å². The zero-order chi connectivity index (χ0) is 14.8. The molecule has 0 spiro atoms.